The highest BCUT2D eigenvalue weighted by Gasteiger charge is 2.25. The van der Waals surface area contributed by atoms with Crippen LogP contribution in [0.5, 0.6) is 0 Å². The molecule has 0 bridgehead atoms. The molecule has 0 aromatic carbocycles. The predicted molar refractivity (Wildman–Crippen MR) is 67.6 cm³/mol. The second-order valence-electron chi connectivity index (χ2n) is 4.39. The van der Waals surface area contributed by atoms with Crippen LogP contribution in [0, 0.1) is 0 Å². The lowest BCUT2D eigenvalue weighted by Gasteiger charge is -2.23. The van der Waals surface area contributed by atoms with Crippen LogP contribution in [0.15, 0.2) is 16.5 Å². The van der Waals surface area contributed by atoms with E-state index in [4.69, 9.17) is 27.6 Å². The Morgan fingerprint density at radius 2 is 2.24 bits per heavy atom. The summed E-state index contributed by atoms with van der Waals surface area (Å²) < 4.78 is 7.59. The molecule has 2 aromatic rings. The van der Waals surface area contributed by atoms with Crippen LogP contribution in [0.4, 0.5) is 0 Å². The van der Waals surface area contributed by atoms with E-state index in [1.807, 2.05) is 6.07 Å². The first kappa shape index (κ1) is 11.2. The summed E-state index contributed by atoms with van der Waals surface area (Å²) in [6, 6.07) is 3.95. The third kappa shape index (κ3) is 1.78. The van der Waals surface area contributed by atoms with E-state index >= 15 is 0 Å². The first-order chi connectivity index (χ1) is 8.16. The van der Waals surface area contributed by atoms with E-state index in [0.29, 0.717) is 22.2 Å². The van der Waals surface area contributed by atoms with Crippen LogP contribution in [-0.2, 0) is 6.42 Å². The lowest BCUT2D eigenvalue weighted by molar-refractivity contribution is 0.431. The van der Waals surface area contributed by atoms with Crippen molar-refractivity contribution < 1.29 is 4.42 Å². The van der Waals surface area contributed by atoms with Crippen molar-refractivity contribution in [3.63, 3.8) is 0 Å². The Kier molecular flexibility index (Phi) is 2.68. The summed E-state index contributed by atoms with van der Waals surface area (Å²) in [5.41, 5.74) is 1.10. The molecule has 0 amide bonds. The highest BCUT2D eigenvalue weighted by atomic mass is 35.5. The monoisotopic (exact) mass is 270 g/mol. The number of aromatic nitrogens is 2. The molecular weight excluding hydrogens is 259 g/mol. The van der Waals surface area contributed by atoms with Crippen molar-refractivity contribution in [1.29, 1.82) is 0 Å². The molecule has 0 spiro atoms. The Hall–Kier alpha value is -0.930. The van der Waals surface area contributed by atoms with Crippen molar-refractivity contribution in [3.05, 3.63) is 28.2 Å². The maximum absolute atomic E-state index is 6.18. The molecule has 0 N–H and O–H groups in total. The first-order valence-electron chi connectivity index (χ1n) is 5.69. The van der Waals surface area contributed by atoms with Crippen molar-refractivity contribution in [1.82, 2.24) is 9.55 Å². The Labute approximate surface area is 109 Å². The van der Waals surface area contributed by atoms with Gasteiger partial charge < -0.3 is 8.98 Å². The molecule has 90 valence electrons. The van der Waals surface area contributed by atoms with Crippen LogP contribution in [-0.4, -0.2) is 9.55 Å². The van der Waals surface area contributed by atoms with E-state index in [9.17, 15) is 0 Å². The normalized spacial score (nSPS) is 19.4. The molecule has 17 heavy (non-hydrogen) atoms. The fourth-order valence-electron chi connectivity index (χ4n) is 2.44. The van der Waals surface area contributed by atoms with Gasteiger partial charge in [0.05, 0.1) is 5.69 Å². The second-order valence-corrected chi connectivity index (χ2v) is 5.12. The average molecular weight is 271 g/mol. The minimum Gasteiger partial charge on any atom is -0.441 e. The molecule has 0 fully saturated rings. The lowest BCUT2D eigenvalue weighted by atomic mass is 10.0. The number of hydrogen-bond acceptors (Lipinski definition) is 2. The van der Waals surface area contributed by atoms with Gasteiger partial charge in [-0.15, -0.1) is 0 Å². The van der Waals surface area contributed by atoms with Gasteiger partial charge in [-0.1, -0.05) is 11.6 Å². The summed E-state index contributed by atoms with van der Waals surface area (Å²) in [6.45, 7) is 2.18. The Bertz CT molecular complexity index is 559. The molecular formula is C12H12Cl2N2O. The summed E-state index contributed by atoms with van der Waals surface area (Å²) in [4.78, 5) is 4.40. The van der Waals surface area contributed by atoms with Crippen LogP contribution in [0.1, 0.15) is 31.5 Å². The maximum Gasteiger partial charge on any atom is 0.194 e. The van der Waals surface area contributed by atoms with Crippen LogP contribution >= 0.6 is 23.2 Å². The third-order valence-corrected chi connectivity index (χ3v) is 3.74. The fraction of sp³-hybridized carbons (Fsp3) is 0.417. The number of halogens is 2. The molecule has 0 radical (unpaired) electrons. The smallest absolute Gasteiger partial charge is 0.194 e. The predicted octanol–water partition coefficient (Wildman–Crippen LogP) is 4.35. The average Bonchev–Trinajstić information content (AvgIpc) is 2.85. The van der Waals surface area contributed by atoms with Crippen LogP contribution in [0.25, 0.3) is 11.6 Å². The molecule has 0 saturated carbocycles. The molecule has 1 unspecified atom stereocenters. The minimum absolute atomic E-state index is 0.372. The minimum atomic E-state index is 0.372. The molecule has 0 aliphatic carbocycles. The third-order valence-electron chi connectivity index (χ3n) is 3.23. The topological polar surface area (TPSA) is 31.0 Å². The molecule has 3 rings (SSSR count). The molecule has 3 nitrogen and oxygen atoms in total. The zero-order chi connectivity index (χ0) is 12.0. The lowest BCUT2D eigenvalue weighted by Crippen LogP contribution is -2.15. The number of imidazole rings is 1. The van der Waals surface area contributed by atoms with E-state index in [-0.39, 0.29) is 0 Å². The van der Waals surface area contributed by atoms with Gasteiger partial charge in [-0.2, -0.15) is 0 Å². The quantitative estimate of drug-likeness (QED) is 0.772. The van der Waals surface area contributed by atoms with E-state index in [1.54, 1.807) is 6.07 Å². The van der Waals surface area contributed by atoms with Crippen molar-refractivity contribution in [2.75, 3.05) is 0 Å². The Morgan fingerprint density at radius 3 is 2.94 bits per heavy atom. The van der Waals surface area contributed by atoms with E-state index in [0.717, 1.165) is 30.8 Å². The molecule has 1 aliphatic rings. The van der Waals surface area contributed by atoms with Gasteiger partial charge in [0.2, 0.25) is 0 Å². The highest BCUT2D eigenvalue weighted by molar-refractivity contribution is 6.30. The van der Waals surface area contributed by atoms with Gasteiger partial charge in [-0.05, 0) is 49.9 Å². The van der Waals surface area contributed by atoms with Crippen molar-refractivity contribution >= 4 is 23.2 Å². The largest absolute Gasteiger partial charge is 0.441 e. The summed E-state index contributed by atoms with van der Waals surface area (Å²) >= 11 is 12.0. The number of rotatable bonds is 1. The standard InChI is InChI=1S/C12H12Cl2N2O/c1-7-3-2-4-8-11(14)15-12(16(7)8)9-5-6-10(13)17-9/h5-7H,2-4H2,1H3. The summed E-state index contributed by atoms with van der Waals surface area (Å²) in [6.07, 6.45) is 3.27. The van der Waals surface area contributed by atoms with Crippen molar-refractivity contribution in [2.45, 2.75) is 32.2 Å². The first-order valence-corrected chi connectivity index (χ1v) is 6.44. The van der Waals surface area contributed by atoms with Gasteiger partial charge in [0, 0.05) is 6.04 Å². The molecule has 1 atom stereocenters. The highest BCUT2D eigenvalue weighted by Crippen LogP contribution is 2.36. The summed E-state index contributed by atoms with van der Waals surface area (Å²) in [7, 11) is 0. The Balaban J connectivity index is 2.18. The van der Waals surface area contributed by atoms with Crippen LogP contribution in [0.3, 0.4) is 0 Å². The number of furan rings is 1. The van der Waals surface area contributed by atoms with E-state index in [1.165, 1.54) is 0 Å². The number of hydrogen-bond donors (Lipinski definition) is 0. The molecule has 3 heterocycles. The molecule has 5 heteroatoms. The van der Waals surface area contributed by atoms with Gasteiger partial charge in [-0.3, -0.25) is 0 Å². The molecule has 2 aromatic heterocycles. The van der Waals surface area contributed by atoms with Crippen LogP contribution in [0.2, 0.25) is 10.4 Å². The van der Waals surface area contributed by atoms with Gasteiger partial charge >= 0.3 is 0 Å². The van der Waals surface area contributed by atoms with E-state index < -0.39 is 0 Å². The fourth-order valence-corrected chi connectivity index (χ4v) is 2.85. The maximum atomic E-state index is 6.18. The van der Waals surface area contributed by atoms with Gasteiger partial charge in [-0.25, -0.2) is 4.98 Å². The number of nitrogens with zero attached hydrogens (tertiary/aromatic N) is 2. The van der Waals surface area contributed by atoms with Crippen molar-refractivity contribution in [3.8, 4) is 11.6 Å². The zero-order valence-electron chi connectivity index (χ0n) is 9.41. The van der Waals surface area contributed by atoms with Gasteiger partial charge in [0.15, 0.2) is 22.0 Å². The molecule has 0 saturated heterocycles. The van der Waals surface area contributed by atoms with Gasteiger partial charge in [0.1, 0.15) is 0 Å². The molecule has 1 aliphatic heterocycles. The summed E-state index contributed by atoms with van der Waals surface area (Å²) in [5.74, 6) is 1.46. The Morgan fingerprint density at radius 1 is 1.41 bits per heavy atom. The van der Waals surface area contributed by atoms with Crippen molar-refractivity contribution in [2.24, 2.45) is 0 Å². The van der Waals surface area contributed by atoms with Crippen LogP contribution < -0.4 is 0 Å². The van der Waals surface area contributed by atoms with Gasteiger partial charge in [0.25, 0.3) is 0 Å². The SMILES string of the molecule is CC1CCCc2c(Cl)nc(-c3ccc(Cl)o3)n21. The van der Waals surface area contributed by atoms with E-state index in [2.05, 4.69) is 16.5 Å². The second kappa shape index (κ2) is 4.07. The number of fused-ring (bicyclic) bond motifs is 1. The summed E-state index contributed by atoms with van der Waals surface area (Å²) in [5, 5.41) is 0.955. The zero-order valence-corrected chi connectivity index (χ0v) is 10.9.